The number of hydrogen-bond acceptors (Lipinski definition) is 3. The first kappa shape index (κ1) is 17.3. The van der Waals surface area contributed by atoms with Crippen LogP contribution >= 0.6 is 0 Å². The number of carbonyl (C=O) groups excluding carboxylic acids is 1. The van der Waals surface area contributed by atoms with E-state index in [2.05, 4.69) is 15.6 Å². The van der Waals surface area contributed by atoms with Crippen LogP contribution in [0.25, 0.3) is 10.8 Å². The van der Waals surface area contributed by atoms with Crippen molar-refractivity contribution in [2.24, 2.45) is 0 Å². The molecule has 2 heterocycles. The molecule has 2 amide bonds. The van der Waals surface area contributed by atoms with E-state index in [-0.39, 0.29) is 17.9 Å². The minimum absolute atomic E-state index is 0.277. The van der Waals surface area contributed by atoms with Gasteiger partial charge in [-0.3, -0.25) is 4.98 Å². The van der Waals surface area contributed by atoms with Crippen molar-refractivity contribution >= 4 is 22.5 Å². The molecule has 0 unspecified atom stereocenters. The summed E-state index contributed by atoms with van der Waals surface area (Å²) in [5, 5.41) is 7.77. The molecular formula is C21H20FN3O2. The number of urea groups is 1. The Labute approximate surface area is 156 Å². The summed E-state index contributed by atoms with van der Waals surface area (Å²) < 4.78 is 19.5. The molecule has 6 heteroatoms. The number of nitrogens with one attached hydrogen (secondary N) is 2. The Morgan fingerprint density at radius 3 is 2.96 bits per heavy atom. The van der Waals surface area contributed by atoms with Crippen molar-refractivity contribution in [3.63, 3.8) is 0 Å². The van der Waals surface area contributed by atoms with E-state index in [1.54, 1.807) is 18.5 Å². The number of amides is 2. The second-order valence-corrected chi connectivity index (χ2v) is 7.30. The molecule has 0 saturated heterocycles. The summed E-state index contributed by atoms with van der Waals surface area (Å²) in [6, 6.07) is 11.3. The van der Waals surface area contributed by atoms with E-state index >= 15 is 0 Å². The molecule has 5 nitrogen and oxygen atoms in total. The van der Waals surface area contributed by atoms with Gasteiger partial charge >= 0.3 is 6.03 Å². The number of ether oxygens (including phenoxy) is 1. The van der Waals surface area contributed by atoms with Gasteiger partial charge in [-0.2, -0.15) is 0 Å². The third-order valence-corrected chi connectivity index (χ3v) is 4.67. The summed E-state index contributed by atoms with van der Waals surface area (Å²) >= 11 is 0. The second-order valence-electron chi connectivity index (χ2n) is 7.30. The molecule has 0 fully saturated rings. The van der Waals surface area contributed by atoms with Gasteiger partial charge in [-0.25, -0.2) is 9.18 Å². The molecule has 0 bridgehead atoms. The highest BCUT2D eigenvalue weighted by atomic mass is 19.1. The highest BCUT2D eigenvalue weighted by molar-refractivity contribution is 6.01. The fourth-order valence-electron chi connectivity index (χ4n) is 3.50. The number of anilines is 1. The van der Waals surface area contributed by atoms with E-state index in [9.17, 15) is 9.18 Å². The summed E-state index contributed by atoms with van der Waals surface area (Å²) in [6.45, 7) is 3.84. The maximum atomic E-state index is 13.6. The molecule has 0 spiro atoms. The number of carbonyl (C=O) groups is 1. The standard InChI is InChI=1S/C21H20FN3O2/c1-21(2)11-18(16-7-6-14(22)10-19(16)27-21)25-20(26)24-17-5-3-4-13-12-23-9-8-15(13)17/h3-10,12,18H,11H2,1-2H3,(H2,24,25,26)/t18-/m1/s1. The molecule has 0 radical (unpaired) electrons. The van der Waals surface area contributed by atoms with Crippen molar-refractivity contribution < 1.29 is 13.9 Å². The van der Waals surface area contributed by atoms with Gasteiger partial charge in [0, 0.05) is 41.2 Å². The van der Waals surface area contributed by atoms with Gasteiger partial charge in [-0.1, -0.05) is 18.2 Å². The molecule has 1 aliphatic rings. The Morgan fingerprint density at radius 2 is 2.11 bits per heavy atom. The Hall–Kier alpha value is -3.15. The average molecular weight is 365 g/mol. The molecule has 1 aliphatic heterocycles. The predicted molar refractivity (Wildman–Crippen MR) is 102 cm³/mol. The van der Waals surface area contributed by atoms with E-state index in [4.69, 9.17) is 4.74 Å². The van der Waals surface area contributed by atoms with Crippen LogP contribution in [0.15, 0.2) is 54.9 Å². The molecule has 4 rings (SSSR count). The molecule has 3 aromatic rings. The van der Waals surface area contributed by atoms with Gasteiger partial charge in [0.15, 0.2) is 0 Å². The number of pyridine rings is 1. The van der Waals surface area contributed by atoms with Gasteiger partial charge in [0.05, 0.1) is 11.7 Å². The van der Waals surface area contributed by atoms with E-state index in [0.717, 1.165) is 16.3 Å². The highest BCUT2D eigenvalue weighted by Crippen LogP contribution is 2.39. The zero-order chi connectivity index (χ0) is 19.0. The van der Waals surface area contributed by atoms with Crippen molar-refractivity contribution in [3.8, 4) is 5.75 Å². The third kappa shape index (κ3) is 3.56. The van der Waals surface area contributed by atoms with Gasteiger partial charge in [-0.15, -0.1) is 0 Å². The molecule has 1 aromatic heterocycles. The minimum atomic E-state index is -0.510. The fourth-order valence-corrected chi connectivity index (χ4v) is 3.50. The number of aromatic nitrogens is 1. The molecule has 2 N–H and O–H groups in total. The fraction of sp³-hybridized carbons (Fsp3) is 0.238. The van der Waals surface area contributed by atoms with Crippen LogP contribution in [0.3, 0.4) is 0 Å². The van der Waals surface area contributed by atoms with E-state index in [1.807, 2.05) is 38.1 Å². The Morgan fingerprint density at radius 1 is 1.26 bits per heavy atom. The van der Waals surface area contributed by atoms with Gasteiger partial charge in [-0.05, 0) is 32.0 Å². The Kier molecular flexibility index (Phi) is 4.18. The summed E-state index contributed by atoms with van der Waals surface area (Å²) in [5.41, 5.74) is 0.968. The van der Waals surface area contributed by atoms with Crippen LogP contribution in [0, 0.1) is 5.82 Å². The lowest BCUT2D eigenvalue weighted by atomic mass is 9.90. The molecule has 1 atom stereocenters. The number of benzene rings is 2. The van der Waals surface area contributed by atoms with Crippen LogP contribution in [-0.4, -0.2) is 16.6 Å². The third-order valence-electron chi connectivity index (χ3n) is 4.67. The first-order chi connectivity index (χ1) is 12.9. The van der Waals surface area contributed by atoms with Gasteiger partial charge < -0.3 is 15.4 Å². The first-order valence-corrected chi connectivity index (χ1v) is 8.80. The molecular weight excluding hydrogens is 345 g/mol. The van der Waals surface area contributed by atoms with Crippen molar-refractivity contribution in [3.05, 3.63) is 66.2 Å². The number of rotatable bonds is 2. The van der Waals surface area contributed by atoms with Crippen LogP contribution in [0.2, 0.25) is 0 Å². The number of halogens is 1. The largest absolute Gasteiger partial charge is 0.487 e. The van der Waals surface area contributed by atoms with E-state index in [1.165, 1.54) is 12.1 Å². The molecule has 0 aliphatic carbocycles. The lowest BCUT2D eigenvalue weighted by Crippen LogP contribution is -2.42. The summed E-state index contributed by atoms with van der Waals surface area (Å²) in [7, 11) is 0. The van der Waals surface area contributed by atoms with Crippen LogP contribution in [0.4, 0.5) is 14.9 Å². The number of hydrogen-bond donors (Lipinski definition) is 2. The number of fused-ring (bicyclic) bond motifs is 2. The zero-order valence-corrected chi connectivity index (χ0v) is 15.1. The topological polar surface area (TPSA) is 63.2 Å². The van der Waals surface area contributed by atoms with Crippen molar-refractivity contribution in [1.82, 2.24) is 10.3 Å². The normalized spacial score (nSPS) is 17.7. The van der Waals surface area contributed by atoms with Crippen LogP contribution < -0.4 is 15.4 Å². The smallest absolute Gasteiger partial charge is 0.319 e. The predicted octanol–water partition coefficient (Wildman–Crippen LogP) is 4.80. The van der Waals surface area contributed by atoms with Gasteiger partial charge in [0.1, 0.15) is 17.2 Å². The van der Waals surface area contributed by atoms with Crippen LogP contribution in [0.1, 0.15) is 31.9 Å². The molecule has 138 valence electrons. The highest BCUT2D eigenvalue weighted by Gasteiger charge is 2.34. The minimum Gasteiger partial charge on any atom is -0.487 e. The first-order valence-electron chi connectivity index (χ1n) is 8.80. The maximum absolute atomic E-state index is 13.6. The average Bonchev–Trinajstić information content (AvgIpc) is 2.60. The molecule has 2 aromatic carbocycles. The van der Waals surface area contributed by atoms with Gasteiger partial charge in [0.2, 0.25) is 0 Å². The van der Waals surface area contributed by atoms with E-state index < -0.39 is 5.60 Å². The second kappa shape index (κ2) is 6.54. The Bertz CT molecular complexity index is 1010. The summed E-state index contributed by atoms with van der Waals surface area (Å²) in [5.74, 6) is 0.104. The summed E-state index contributed by atoms with van der Waals surface area (Å²) in [4.78, 5) is 16.8. The SMILES string of the molecule is CC1(C)C[C@@H](NC(=O)Nc2cccc3cnccc23)c2ccc(F)cc2O1. The molecule has 27 heavy (non-hydrogen) atoms. The van der Waals surface area contributed by atoms with Crippen molar-refractivity contribution in [2.45, 2.75) is 31.9 Å². The number of nitrogens with zero attached hydrogens (tertiary/aromatic N) is 1. The Balaban J connectivity index is 1.58. The lowest BCUT2D eigenvalue weighted by Gasteiger charge is -2.37. The van der Waals surface area contributed by atoms with E-state index in [0.29, 0.717) is 17.9 Å². The van der Waals surface area contributed by atoms with Gasteiger partial charge in [0.25, 0.3) is 0 Å². The van der Waals surface area contributed by atoms with Crippen LogP contribution in [-0.2, 0) is 0 Å². The quantitative estimate of drug-likeness (QED) is 0.686. The van der Waals surface area contributed by atoms with Crippen molar-refractivity contribution in [2.75, 3.05) is 5.32 Å². The van der Waals surface area contributed by atoms with Crippen LogP contribution in [0.5, 0.6) is 5.75 Å². The lowest BCUT2D eigenvalue weighted by molar-refractivity contribution is 0.0678. The zero-order valence-electron chi connectivity index (χ0n) is 15.1. The van der Waals surface area contributed by atoms with Crippen molar-refractivity contribution in [1.29, 1.82) is 0 Å². The monoisotopic (exact) mass is 365 g/mol. The molecule has 0 saturated carbocycles. The summed E-state index contributed by atoms with van der Waals surface area (Å²) in [6.07, 6.45) is 4.03. The maximum Gasteiger partial charge on any atom is 0.319 e.